The summed E-state index contributed by atoms with van der Waals surface area (Å²) in [6.07, 6.45) is 4.30. The number of nitrogens with one attached hydrogen (secondary N) is 1. The molecule has 0 saturated heterocycles. The molecule has 0 radical (unpaired) electrons. The summed E-state index contributed by atoms with van der Waals surface area (Å²) in [6, 6.07) is 10.8. The molecule has 1 aromatic carbocycles. The maximum absolute atomic E-state index is 11.9. The Morgan fingerprint density at radius 3 is 2.75 bits per heavy atom. The van der Waals surface area contributed by atoms with Crippen molar-refractivity contribution in [1.29, 1.82) is 0 Å². The van der Waals surface area contributed by atoms with Gasteiger partial charge in [-0.15, -0.1) is 6.58 Å². The molecule has 1 amide bonds. The molecule has 1 unspecified atom stereocenters. The van der Waals surface area contributed by atoms with Crippen LogP contribution in [0.5, 0.6) is 0 Å². The second-order valence-corrected chi connectivity index (χ2v) is 5.56. The molecule has 1 aromatic rings. The van der Waals surface area contributed by atoms with Crippen LogP contribution in [0.25, 0.3) is 0 Å². The van der Waals surface area contributed by atoms with Gasteiger partial charge in [-0.1, -0.05) is 36.4 Å². The Morgan fingerprint density at radius 2 is 2.15 bits per heavy atom. The molecule has 0 aromatic heterocycles. The van der Waals surface area contributed by atoms with Crippen molar-refractivity contribution in [3.05, 3.63) is 48.6 Å². The van der Waals surface area contributed by atoms with E-state index in [4.69, 9.17) is 0 Å². The summed E-state index contributed by atoms with van der Waals surface area (Å²) >= 11 is 0. The number of benzene rings is 1. The molecule has 0 bridgehead atoms. The largest absolute Gasteiger partial charge is 0.352 e. The molecule has 0 spiro atoms. The number of carbonyl (C=O) groups is 1. The Balaban J connectivity index is 1.96. The van der Waals surface area contributed by atoms with Crippen LogP contribution in [0.1, 0.15) is 25.3 Å². The van der Waals surface area contributed by atoms with Crippen molar-refractivity contribution in [2.45, 2.75) is 32.4 Å². The summed E-state index contributed by atoms with van der Waals surface area (Å²) < 4.78 is 0. The van der Waals surface area contributed by atoms with Gasteiger partial charge in [-0.25, -0.2) is 0 Å². The Kier molecular flexibility index (Phi) is 5.36. The number of amides is 1. The molecule has 2 rings (SSSR count). The third kappa shape index (κ3) is 4.49. The first-order chi connectivity index (χ1) is 9.70. The molecule has 3 heteroatoms. The lowest BCUT2D eigenvalue weighted by atomic mass is 10.1. The predicted molar refractivity (Wildman–Crippen MR) is 82.2 cm³/mol. The van der Waals surface area contributed by atoms with Crippen LogP contribution in [-0.2, 0) is 11.3 Å². The van der Waals surface area contributed by atoms with Gasteiger partial charge in [0.05, 0.1) is 6.54 Å². The van der Waals surface area contributed by atoms with Gasteiger partial charge in [0.2, 0.25) is 5.91 Å². The molecule has 108 valence electrons. The molecule has 1 aliphatic carbocycles. The maximum Gasteiger partial charge on any atom is 0.234 e. The average Bonchev–Trinajstić information content (AvgIpc) is 3.29. The van der Waals surface area contributed by atoms with E-state index >= 15 is 0 Å². The average molecular weight is 272 g/mol. The number of rotatable bonds is 8. The second kappa shape index (κ2) is 7.25. The highest BCUT2D eigenvalue weighted by atomic mass is 16.2. The first-order valence-electron chi connectivity index (χ1n) is 7.36. The van der Waals surface area contributed by atoms with Gasteiger partial charge >= 0.3 is 0 Å². The fraction of sp³-hybridized carbons (Fsp3) is 0.471. The molecule has 1 fully saturated rings. The number of hydrogen-bond acceptors (Lipinski definition) is 2. The van der Waals surface area contributed by atoms with Crippen LogP contribution in [0.15, 0.2) is 43.0 Å². The minimum atomic E-state index is 0.0772. The lowest BCUT2D eigenvalue weighted by molar-refractivity contribution is -0.122. The van der Waals surface area contributed by atoms with Gasteiger partial charge in [-0.05, 0) is 31.2 Å². The van der Waals surface area contributed by atoms with E-state index in [0.717, 1.165) is 12.5 Å². The third-order valence-electron chi connectivity index (χ3n) is 3.90. The Bertz CT molecular complexity index is 440. The Labute approximate surface area is 121 Å². The second-order valence-electron chi connectivity index (χ2n) is 5.56. The quantitative estimate of drug-likeness (QED) is 0.738. The van der Waals surface area contributed by atoms with E-state index in [1.54, 1.807) is 6.08 Å². The van der Waals surface area contributed by atoms with Crippen LogP contribution in [0.2, 0.25) is 0 Å². The van der Waals surface area contributed by atoms with Crippen LogP contribution in [0.3, 0.4) is 0 Å². The van der Waals surface area contributed by atoms with Crippen LogP contribution < -0.4 is 5.32 Å². The Hall–Kier alpha value is -1.61. The normalized spacial score (nSPS) is 15.9. The van der Waals surface area contributed by atoms with Gasteiger partial charge < -0.3 is 5.32 Å². The maximum atomic E-state index is 11.9. The van der Waals surface area contributed by atoms with E-state index in [-0.39, 0.29) is 5.91 Å². The third-order valence-corrected chi connectivity index (χ3v) is 3.90. The minimum Gasteiger partial charge on any atom is -0.352 e. The van der Waals surface area contributed by atoms with Gasteiger partial charge in [0.1, 0.15) is 0 Å². The van der Waals surface area contributed by atoms with E-state index in [9.17, 15) is 4.79 Å². The molecule has 1 aliphatic rings. The highest BCUT2D eigenvalue weighted by Crippen LogP contribution is 2.35. The van der Waals surface area contributed by atoms with Crippen molar-refractivity contribution in [3.8, 4) is 0 Å². The van der Waals surface area contributed by atoms with E-state index in [1.165, 1.54) is 18.4 Å². The summed E-state index contributed by atoms with van der Waals surface area (Å²) in [5.74, 6) is 0.833. The number of hydrogen-bond donors (Lipinski definition) is 1. The zero-order valence-electron chi connectivity index (χ0n) is 12.2. The number of nitrogens with zero attached hydrogens (tertiary/aromatic N) is 1. The fourth-order valence-electron chi connectivity index (χ4n) is 2.46. The molecule has 0 aliphatic heterocycles. The smallest absolute Gasteiger partial charge is 0.234 e. The first kappa shape index (κ1) is 14.8. The van der Waals surface area contributed by atoms with Crippen molar-refractivity contribution in [1.82, 2.24) is 10.2 Å². The zero-order valence-corrected chi connectivity index (χ0v) is 12.2. The van der Waals surface area contributed by atoms with E-state index in [2.05, 4.69) is 35.9 Å². The lowest BCUT2D eigenvalue weighted by Gasteiger charge is -2.28. The van der Waals surface area contributed by atoms with Crippen molar-refractivity contribution in [2.24, 2.45) is 5.92 Å². The van der Waals surface area contributed by atoms with E-state index in [0.29, 0.717) is 19.1 Å². The van der Waals surface area contributed by atoms with Gasteiger partial charge in [0.15, 0.2) is 0 Å². The summed E-state index contributed by atoms with van der Waals surface area (Å²) in [7, 11) is 0. The molecule has 1 N–H and O–H groups in total. The fourth-order valence-corrected chi connectivity index (χ4v) is 2.46. The SMILES string of the molecule is C=CCNC(=O)CN(Cc1ccccc1)C(C)C1CC1. The van der Waals surface area contributed by atoms with Crippen molar-refractivity contribution < 1.29 is 4.79 Å². The van der Waals surface area contributed by atoms with Crippen LogP contribution in [0, 0.1) is 5.92 Å². The molecule has 1 atom stereocenters. The van der Waals surface area contributed by atoms with Gasteiger partial charge in [0.25, 0.3) is 0 Å². The Morgan fingerprint density at radius 1 is 1.45 bits per heavy atom. The first-order valence-corrected chi connectivity index (χ1v) is 7.36. The minimum absolute atomic E-state index is 0.0772. The van der Waals surface area contributed by atoms with Crippen LogP contribution >= 0.6 is 0 Å². The summed E-state index contributed by atoms with van der Waals surface area (Å²) in [5, 5.41) is 2.86. The lowest BCUT2D eigenvalue weighted by Crippen LogP contribution is -2.42. The van der Waals surface area contributed by atoms with Crippen molar-refractivity contribution in [2.75, 3.05) is 13.1 Å². The van der Waals surface area contributed by atoms with E-state index < -0.39 is 0 Å². The van der Waals surface area contributed by atoms with Gasteiger partial charge in [0, 0.05) is 19.1 Å². The zero-order chi connectivity index (χ0) is 14.4. The molecule has 3 nitrogen and oxygen atoms in total. The summed E-state index contributed by atoms with van der Waals surface area (Å²) in [4.78, 5) is 14.2. The topological polar surface area (TPSA) is 32.3 Å². The van der Waals surface area contributed by atoms with Crippen molar-refractivity contribution >= 4 is 5.91 Å². The van der Waals surface area contributed by atoms with Crippen LogP contribution in [0.4, 0.5) is 0 Å². The molecule has 20 heavy (non-hydrogen) atoms. The molecular weight excluding hydrogens is 248 g/mol. The molecular formula is C17H24N2O. The van der Waals surface area contributed by atoms with Gasteiger partial charge in [-0.2, -0.15) is 0 Å². The number of carbonyl (C=O) groups excluding carboxylic acids is 1. The highest BCUT2D eigenvalue weighted by molar-refractivity contribution is 5.78. The molecule has 1 saturated carbocycles. The van der Waals surface area contributed by atoms with Crippen LogP contribution in [-0.4, -0.2) is 29.9 Å². The van der Waals surface area contributed by atoms with Gasteiger partial charge in [-0.3, -0.25) is 9.69 Å². The summed E-state index contributed by atoms with van der Waals surface area (Å²) in [6.45, 7) is 7.69. The summed E-state index contributed by atoms with van der Waals surface area (Å²) in [5.41, 5.74) is 1.26. The monoisotopic (exact) mass is 272 g/mol. The van der Waals surface area contributed by atoms with Crippen molar-refractivity contribution in [3.63, 3.8) is 0 Å². The molecule has 0 heterocycles. The predicted octanol–water partition coefficient (Wildman–Crippen LogP) is 2.59. The highest BCUT2D eigenvalue weighted by Gasteiger charge is 2.32. The van der Waals surface area contributed by atoms with E-state index in [1.807, 2.05) is 18.2 Å². The standard InChI is InChI=1S/C17H24N2O/c1-3-11-18-17(20)13-19(14(2)16-9-10-16)12-15-7-5-4-6-8-15/h3-8,14,16H,1,9-13H2,2H3,(H,18,20).